The SMILES string of the molecule is CNc1c(-c2cccc(-c3cnccn3)c2)nc2cc(C#N)ncn12. The van der Waals surface area contributed by atoms with E-state index < -0.39 is 0 Å². The number of nitrogens with one attached hydrogen (secondary N) is 1. The van der Waals surface area contributed by atoms with E-state index in [2.05, 4.69) is 25.3 Å². The van der Waals surface area contributed by atoms with E-state index in [-0.39, 0.29) is 0 Å². The van der Waals surface area contributed by atoms with Crippen LogP contribution < -0.4 is 5.32 Å². The molecule has 0 saturated carbocycles. The Kier molecular flexibility index (Phi) is 3.56. The van der Waals surface area contributed by atoms with Gasteiger partial charge in [-0.3, -0.25) is 14.4 Å². The summed E-state index contributed by atoms with van der Waals surface area (Å²) in [6, 6.07) is 11.6. The summed E-state index contributed by atoms with van der Waals surface area (Å²) in [6.45, 7) is 0. The molecule has 0 aliphatic heterocycles. The molecule has 0 atom stereocenters. The van der Waals surface area contributed by atoms with Gasteiger partial charge in [-0.25, -0.2) is 9.97 Å². The molecule has 25 heavy (non-hydrogen) atoms. The van der Waals surface area contributed by atoms with Crippen molar-refractivity contribution in [2.75, 3.05) is 12.4 Å². The summed E-state index contributed by atoms with van der Waals surface area (Å²) in [6.07, 6.45) is 6.64. The van der Waals surface area contributed by atoms with Crippen molar-refractivity contribution < 1.29 is 0 Å². The first-order valence-corrected chi connectivity index (χ1v) is 7.63. The Balaban J connectivity index is 1.89. The molecule has 0 radical (unpaired) electrons. The van der Waals surface area contributed by atoms with Crippen molar-refractivity contribution in [1.82, 2.24) is 24.3 Å². The van der Waals surface area contributed by atoms with E-state index in [1.165, 1.54) is 0 Å². The maximum Gasteiger partial charge on any atom is 0.145 e. The summed E-state index contributed by atoms with van der Waals surface area (Å²) >= 11 is 0. The number of hydrogen-bond donors (Lipinski definition) is 1. The fourth-order valence-corrected chi connectivity index (χ4v) is 2.72. The van der Waals surface area contributed by atoms with Crippen molar-refractivity contribution in [3.63, 3.8) is 0 Å². The third-order valence-electron chi connectivity index (χ3n) is 3.86. The van der Waals surface area contributed by atoms with Gasteiger partial charge in [-0.2, -0.15) is 5.26 Å². The number of anilines is 1. The second-order valence-corrected chi connectivity index (χ2v) is 5.34. The van der Waals surface area contributed by atoms with Gasteiger partial charge in [0.05, 0.1) is 11.9 Å². The first-order chi connectivity index (χ1) is 12.3. The molecule has 0 fully saturated rings. The van der Waals surface area contributed by atoms with E-state index in [0.29, 0.717) is 11.3 Å². The largest absolute Gasteiger partial charge is 0.372 e. The van der Waals surface area contributed by atoms with Gasteiger partial charge in [0.25, 0.3) is 0 Å². The van der Waals surface area contributed by atoms with Crippen molar-refractivity contribution in [3.8, 4) is 28.6 Å². The Bertz CT molecular complexity index is 1090. The molecule has 0 saturated heterocycles. The zero-order valence-corrected chi connectivity index (χ0v) is 13.4. The third kappa shape index (κ3) is 2.56. The van der Waals surface area contributed by atoms with Gasteiger partial charge in [-0.15, -0.1) is 0 Å². The van der Waals surface area contributed by atoms with Crippen molar-refractivity contribution in [3.05, 3.63) is 60.9 Å². The zero-order valence-electron chi connectivity index (χ0n) is 13.4. The summed E-state index contributed by atoms with van der Waals surface area (Å²) in [7, 11) is 1.83. The lowest BCUT2D eigenvalue weighted by Gasteiger charge is -2.06. The average molecular weight is 327 g/mol. The second-order valence-electron chi connectivity index (χ2n) is 5.34. The minimum Gasteiger partial charge on any atom is -0.372 e. The number of fused-ring (bicyclic) bond motifs is 1. The van der Waals surface area contributed by atoms with Crippen LogP contribution >= 0.6 is 0 Å². The molecule has 0 aliphatic rings. The summed E-state index contributed by atoms with van der Waals surface area (Å²) in [5.41, 5.74) is 4.48. The molecule has 0 spiro atoms. The first-order valence-electron chi connectivity index (χ1n) is 7.63. The fraction of sp³-hybridized carbons (Fsp3) is 0.0556. The van der Waals surface area contributed by atoms with Crippen LogP contribution in [-0.4, -0.2) is 31.4 Å². The number of nitrogens with zero attached hydrogens (tertiary/aromatic N) is 6. The number of rotatable bonds is 3. The molecule has 0 amide bonds. The number of hydrogen-bond acceptors (Lipinski definition) is 6. The van der Waals surface area contributed by atoms with Gasteiger partial charge in [-0.1, -0.05) is 18.2 Å². The van der Waals surface area contributed by atoms with Crippen LogP contribution in [0.25, 0.3) is 28.2 Å². The van der Waals surface area contributed by atoms with Crippen LogP contribution in [0, 0.1) is 11.3 Å². The van der Waals surface area contributed by atoms with Crippen molar-refractivity contribution in [2.24, 2.45) is 0 Å². The van der Waals surface area contributed by atoms with Gasteiger partial charge >= 0.3 is 0 Å². The quantitative estimate of drug-likeness (QED) is 0.622. The average Bonchev–Trinajstić information content (AvgIpc) is 3.06. The van der Waals surface area contributed by atoms with Gasteiger partial charge in [0.1, 0.15) is 35.2 Å². The normalized spacial score (nSPS) is 10.6. The van der Waals surface area contributed by atoms with Crippen LogP contribution in [0.2, 0.25) is 0 Å². The molecule has 3 heterocycles. The lowest BCUT2D eigenvalue weighted by Crippen LogP contribution is -1.97. The Morgan fingerprint density at radius 1 is 1.12 bits per heavy atom. The lowest BCUT2D eigenvalue weighted by molar-refractivity contribution is 1.07. The molecule has 1 N–H and O–H groups in total. The molecule has 7 heteroatoms. The van der Waals surface area contributed by atoms with Crippen LogP contribution in [0.1, 0.15) is 5.69 Å². The van der Waals surface area contributed by atoms with Gasteiger partial charge in [0, 0.05) is 36.6 Å². The highest BCUT2D eigenvalue weighted by atomic mass is 15.1. The van der Waals surface area contributed by atoms with E-state index in [1.54, 1.807) is 31.0 Å². The van der Waals surface area contributed by atoms with E-state index in [1.807, 2.05) is 41.8 Å². The van der Waals surface area contributed by atoms with Crippen molar-refractivity contribution in [2.45, 2.75) is 0 Å². The zero-order chi connectivity index (χ0) is 17.2. The van der Waals surface area contributed by atoms with Crippen LogP contribution in [0.15, 0.2) is 55.2 Å². The monoisotopic (exact) mass is 327 g/mol. The molecule has 0 aliphatic carbocycles. The first kappa shape index (κ1) is 14.8. The van der Waals surface area contributed by atoms with Crippen molar-refractivity contribution >= 4 is 11.5 Å². The number of nitriles is 1. The molecule has 1 aromatic carbocycles. The van der Waals surface area contributed by atoms with Crippen LogP contribution in [-0.2, 0) is 0 Å². The highest BCUT2D eigenvalue weighted by molar-refractivity contribution is 5.79. The topological polar surface area (TPSA) is 91.8 Å². The molecule has 120 valence electrons. The molecular weight excluding hydrogens is 314 g/mol. The summed E-state index contributed by atoms with van der Waals surface area (Å²) in [5.74, 6) is 0.809. The predicted molar refractivity (Wildman–Crippen MR) is 93.7 cm³/mol. The molecule has 0 unspecified atom stereocenters. The second kappa shape index (κ2) is 6.02. The Morgan fingerprint density at radius 3 is 2.76 bits per heavy atom. The summed E-state index contributed by atoms with van der Waals surface area (Å²) in [4.78, 5) is 17.2. The van der Waals surface area contributed by atoms with E-state index in [9.17, 15) is 0 Å². The standard InChI is InChI=1S/C18H13N7/c1-20-18-17(24-16-8-14(9-19)23-11-25(16)18)13-4-2-3-12(7-13)15-10-21-5-6-22-15/h2-8,10-11,20H,1H3. The molecule has 7 nitrogen and oxygen atoms in total. The summed E-state index contributed by atoms with van der Waals surface area (Å²) in [5, 5.41) is 12.2. The highest BCUT2D eigenvalue weighted by Crippen LogP contribution is 2.30. The fourth-order valence-electron chi connectivity index (χ4n) is 2.72. The van der Waals surface area contributed by atoms with E-state index >= 15 is 0 Å². The number of aromatic nitrogens is 5. The minimum absolute atomic E-state index is 0.333. The van der Waals surface area contributed by atoms with Gasteiger partial charge < -0.3 is 5.32 Å². The summed E-state index contributed by atoms with van der Waals surface area (Å²) < 4.78 is 1.82. The molecule has 4 rings (SSSR count). The third-order valence-corrected chi connectivity index (χ3v) is 3.86. The predicted octanol–water partition coefficient (Wildman–Crippen LogP) is 2.77. The van der Waals surface area contributed by atoms with Crippen LogP contribution in [0.5, 0.6) is 0 Å². The molecular formula is C18H13N7. The van der Waals surface area contributed by atoms with E-state index in [4.69, 9.17) is 5.26 Å². The minimum atomic E-state index is 0.333. The number of benzene rings is 1. The molecule has 4 aromatic rings. The maximum absolute atomic E-state index is 9.03. The molecule has 0 bridgehead atoms. The Morgan fingerprint density at radius 2 is 2.00 bits per heavy atom. The number of imidazole rings is 1. The van der Waals surface area contributed by atoms with E-state index in [0.717, 1.165) is 28.3 Å². The van der Waals surface area contributed by atoms with Gasteiger partial charge in [0.2, 0.25) is 0 Å². The Hall–Kier alpha value is -3.79. The van der Waals surface area contributed by atoms with Gasteiger partial charge in [-0.05, 0) is 6.07 Å². The lowest BCUT2D eigenvalue weighted by atomic mass is 10.1. The maximum atomic E-state index is 9.03. The van der Waals surface area contributed by atoms with Gasteiger partial charge in [0.15, 0.2) is 0 Å². The van der Waals surface area contributed by atoms with Crippen LogP contribution in [0.3, 0.4) is 0 Å². The highest BCUT2D eigenvalue weighted by Gasteiger charge is 2.14. The molecule has 3 aromatic heterocycles. The van der Waals surface area contributed by atoms with Crippen molar-refractivity contribution in [1.29, 1.82) is 5.26 Å². The van der Waals surface area contributed by atoms with Crippen LogP contribution in [0.4, 0.5) is 5.82 Å². The smallest absolute Gasteiger partial charge is 0.145 e. The Labute approximate surface area is 143 Å².